The number of H-pyrrole nitrogens is 1. The van der Waals surface area contributed by atoms with Crippen molar-refractivity contribution >= 4 is 22.8 Å². The van der Waals surface area contributed by atoms with E-state index in [1.165, 1.54) is 0 Å². The number of nitrogens with two attached hydrogens (primary N) is 1. The van der Waals surface area contributed by atoms with Gasteiger partial charge >= 0.3 is 0 Å². The smallest absolute Gasteiger partial charge is 0.251 e. The zero-order chi connectivity index (χ0) is 26.6. The Morgan fingerprint density at radius 3 is 2.89 bits per heavy atom. The van der Waals surface area contributed by atoms with Crippen molar-refractivity contribution in [1.82, 2.24) is 25.2 Å². The second kappa shape index (κ2) is 10.9. The van der Waals surface area contributed by atoms with Crippen LogP contribution in [0.15, 0.2) is 54.7 Å². The van der Waals surface area contributed by atoms with E-state index < -0.39 is 0 Å². The minimum Gasteiger partial charge on any atom is -0.507 e. The van der Waals surface area contributed by atoms with Crippen LogP contribution in [0.4, 0.5) is 0 Å². The molecule has 1 aliphatic heterocycles. The molecule has 2 aromatic heterocycles. The van der Waals surface area contributed by atoms with Gasteiger partial charge in [-0.05, 0) is 67.4 Å². The van der Waals surface area contributed by atoms with Gasteiger partial charge in [0.05, 0.1) is 29.6 Å². The normalized spacial score (nSPS) is 15.9. The van der Waals surface area contributed by atoms with Crippen LogP contribution in [0.25, 0.3) is 33.5 Å². The van der Waals surface area contributed by atoms with E-state index >= 15 is 0 Å². The van der Waals surface area contributed by atoms with Crippen molar-refractivity contribution in [2.45, 2.75) is 12.8 Å². The number of benzene rings is 2. The number of hydrogen-bond donors (Lipinski definition) is 4. The lowest BCUT2D eigenvalue weighted by Gasteiger charge is -2.31. The number of carbonyl (C=O) groups excluding carboxylic acids is 2. The fraction of sp³-hybridized carbons (Fsp3) is 0.286. The van der Waals surface area contributed by atoms with Crippen LogP contribution in [0.2, 0.25) is 0 Å². The summed E-state index contributed by atoms with van der Waals surface area (Å²) in [5.41, 5.74) is 9.42. The number of aromatic nitrogens is 3. The number of hydrogen-bond acceptors (Lipinski definition) is 7. The van der Waals surface area contributed by atoms with Crippen LogP contribution in [0.3, 0.4) is 0 Å². The van der Waals surface area contributed by atoms with Crippen LogP contribution in [0.1, 0.15) is 23.2 Å². The number of ether oxygens (including phenoxy) is 1. The molecule has 1 aliphatic rings. The molecule has 0 bridgehead atoms. The number of methoxy groups -OCH3 is 1. The molecule has 1 fully saturated rings. The molecule has 0 radical (unpaired) electrons. The van der Waals surface area contributed by atoms with E-state index in [9.17, 15) is 14.7 Å². The number of primary amides is 1. The van der Waals surface area contributed by atoms with Gasteiger partial charge in [-0.2, -0.15) is 0 Å². The standard InChI is InChI=1S/C28H30N6O4/c1-38-28-20(5-2-10-31-28)17-7-9-24(35)21(14-17)26-32-22-8-6-18(15-23(22)33-26)27(37)30-11-13-34-12-3-4-19(16-34)25(29)36/h2,5-10,14-15,19,35H,3-4,11-13,16H2,1H3,(H2,29,36)(H,30,37)(H,32,33). The maximum atomic E-state index is 12.8. The van der Waals surface area contributed by atoms with Crippen molar-refractivity contribution in [3.8, 4) is 34.1 Å². The van der Waals surface area contributed by atoms with Gasteiger partial charge in [0.2, 0.25) is 11.8 Å². The van der Waals surface area contributed by atoms with Crippen LogP contribution < -0.4 is 15.8 Å². The van der Waals surface area contributed by atoms with Crippen LogP contribution in [-0.4, -0.2) is 70.1 Å². The van der Waals surface area contributed by atoms with Gasteiger partial charge in [-0.1, -0.05) is 6.07 Å². The van der Waals surface area contributed by atoms with Crippen LogP contribution >= 0.6 is 0 Å². The Morgan fingerprint density at radius 2 is 2.08 bits per heavy atom. The summed E-state index contributed by atoms with van der Waals surface area (Å²) in [5.74, 6) is 0.453. The minimum absolute atomic E-state index is 0.0740. The highest BCUT2D eigenvalue weighted by Gasteiger charge is 2.23. The zero-order valence-corrected chi connectivity index (χ0v) is 21.1. The summed E-state index contributed by atoms with van der Waals surface area (Å²) in [6.07, 6.45) is 3.40. The number of amides is 2. The van der Waals surface area contributed by atoms with Gasteiger partial charge in [0.15, 0.2) is 0 Å². The average molecular weight is 515 g/mol. The summed E-state index contributed by atoms with van der Waals surface area (Å²) in [7, 11) is 1.56. The minimum atomic E-state index is -0.262. The number of piperidine rings is 1. The summed E-state index contributed by atoms with van der Waals surface area (Å²) in [5, 5.41) is 13.5. The molecule has 0 saturated carbocycles. The van der Waals surface area contributed by atoms with E-state index in [0.29, 0.717) is 48.0 Å². The van der Waals surface area contributed by atoms with Crippen molar-refractivity contribution in [3.63, 3.8) is 0 Å². The Labute approximate surface area is 219 Å². The highest BCUT2D eigenvalue weighted by molar-refractivity contribution is 5.97. The fourth-order valence-electron chi connectivity index (χ4n) is 4.86. The first kappa shape index (κ1) is 25.2. The Bertz CT molecular complexity index is 1480. The molecule has 0 spiro atoms. The maximum Gasteiger partial charge on any atom is 0.251 e. The summed E-state index contributed by atoms with van der Waals surface area (Å²) in [6.45, 7) is 2.65. The molecule has 196 valence electrons. The molecule has 10 nitrogen and oxygen atoms in total. The van der Waals surface area contributed by atoms with Gasteiger partial charge < -0.3 is 30.8 Å². The monoisotopic (exact) mass is 514 g/mol. The van der Waals surface area contributed by atoms with Crippen molar-refractivity contribution in [3.05, 3.63) is 60.3 Å². The van der Waals surface area contributed by atoms with Crippen LogP contribution in [0.5, 0.6) is 11.6 Å². The van der Waals surface area contributed by atoms with E-state index in [0.717, 1.165) is 36.0 Å². The van der Waals surface area contributed by atoms with E-state index in [4.69, 9.17) is 10.5 Å². The molecule has 38 heavy (non-hydrogen) atoms. The number of imidazole rings is 1. The number of phenols is 1. The van der Waals surface area contributed by atoms with E-state index in [1.54, 1.807) is 43.6 Å². The predicted molar refractivity (Wildman–Crippen MR) is 144 cm³/mol. The van der Waals surface area contributed by atoms with Crippen molar-refractivity contribution in [1.29, 1.82) is 0 Å². The summed E-state index contributed by atoms with van der Waals surface area (Å²) < 4.78 is 5.38. The molecule has 2 aromatic carbocycles. The molecular weight excluding hydrogens is 484 g/mol. The Balaban J connectivity index is 1.30. The maximum absolute atomic E-state index is 12.8. The molecule has 10 heteroatoms. The number of fused-ring (bicyclic) bond motifs is 1. The van der Waals surface area contributed by atoms with Gasteiger partial charge in [0.1, 0.15) is 11.6 Å². The number of aromatic amines is 1. The molecule has 1 saturated heterocycles. The molecule has 1 atom stereocenters. The molecule has 1 unspecified atom stereocenters. The second-order valence-electron chi connectivity index (χ2n) is 9.41. The number of aromatic hydroxyl groups is 1. The fourth-order valence-corrected chi connectivity index (χ4v) is 4.86. The number of rotatable bonds is 8. The first-order chi connectivity index (χ1) is 18.4. The number of carbonyl (C=O) groups is 2. The molecule has 0 aliphatic carbocycles. The van der Waals surface area contributed by atoms with Gasteiger partial charge in [-0.15, -0.1) is 0 Å². The number of pyridine rings is 1. The topological polar surface area (TPSA) is 146 Å². The third-order valence-electron chi connectivity index (χ3n) is 6.89. The van der Waals surface area contributed by atoms with Crippen LogP contribution in [0, 0.1) is 5.92 Å². The van der Waals surface area contributed by atoms with Crippen molar-refractivity contribution < 1.29 is 19.4 Å². The zero-order valence-electron chi connectivity index (χ0n) is 21.1. The number of phenolic OH excluding ortho intramolecular Hbond substituents is 1. The number of likely N-dealkylation sites (tertiary alicyclic amines) is 1. The predicted octanol–water partition coefficient (Wildman–Crippen LogP) is 2.93. The van der Waals surface area contributed by atoms with Crippen molar-refractivity contribution in [2.24, 2.45) is 11.7 Å². The van der Waals surface area contributed by atoms with E-state index in [-0.39, 0.29) is 23.5 Å². The lowest BCUT2D eigenvalue weighted by molar-refractivity contribution is -0.123. The van der Waals surface area contributed by atoms with Gasteiger partial charge in [-0.3, -0.25) is 9.59 Å². The lowest BCUT2D eigenvalue weighted by atomic mass is 9.97. The Kier molecular flexibility index (Phi) is 7.23. The SMILES string of the molecule is COc1ncccc1-c1ccc(O)c(-c2nc3cc(C(=O)NCCN4CCCC(C(N)=O)C4)ccc3[nH]2)c1. The van der Waals surface area contributed by atoms with Gasteiger partial charge in [0, 0.05) is 37.0 Å². The first-order valence-corrected chi connectivity index (χ1v) is 12.6. The average Bonchev–Trinajstić information content (AvgIpc) is 3.36. The summed E-state index contributed by atoms with van der Waals surface area (Å²) in [4.78, 5) is 38.6. The number of nitrogens with one attached hydrogen (secondary N) is 2. The van der Waals surface area contributed by atoms with Crippen LogP contribution in [-0.2, 0) is 4.79 Å². The van der Waals surface area contributed by atoms with E-state index in [2.05, 4.69) is 25.2 Å². The third-order valence-corrected chi connectivity index (χ3v) is 6.89. The number of nitrogens with zero attached hydrogens (tertiary/aromatic N) is 3. The largest absolute Gasteiger partial charge is 0.507 e. The van der Waals surface area contributed by atoms with Crippen molar-refractivity contribution in [2.75, 3.05) is 33.3 Å². The second-order valence-corrected chi connectivity index (χ2v) is 9.41. The molecule has 5 N–H and O–H groups in total. The highest BCUT2D eigenvalue weighted by atomic mass is 16.5. The van der Waals surface area contributed by atoms with Gasteiger partial charge in [0.25, 0.3) is 5.91 Å². The first-order valence-electron chi connectivity index (χ1n) is 12.6. The highest BCUT2D eigenvalue weighted by Crippen LogP contribution is 2.35. The lowest BCUT2D eigenvalue weighted by Crippen LogP contribution is -2.44. The molecule has 2 amide bonds. The van der Waals surface area contributed by atoms with Gasteiger partial charge in [-0.25, -0.2) is 9.97 Å². The third kappa shape index (κ3) is 5.30. The molecule has 5 rings (SSSR count). The molecule has 3 heterocycles. The Morgan fingerprint density at radius 1 is 1.21 bits per heavy atom. The summed E-state index contributed by atoms with van der Waals surface area (Å²) >= 11 is 0. The molecule has 4 aromatic rings. The molecular formula is C28H30N6O4. The van der Waals surface area contributed by atoms with E-state index in [1.807, 2.05) is 18.2 Å². The Hall–Kier alpha value is -4.44. The quantitative estimate of drug-likeness (QED) is 0.283. The summed E-state index contributed by atoms with van der Waals surface area (Å²) in [6, 6.07) is 14.2.